The minimum Gasteiger partial charge on any atom is -0.493 e. The number of rotatable bonds is 7. The molecule has 1 heterocycles. The van der Waals surface area contributed by atoms with Gasteiger partial charge in [-0.25, -0.2) is 4.98 Å². The minimum atomic E-state index is -0.237. The van der Waals surface area contributed by atoms with Crippen molar-refractivity contribution in [1.29, 1.82) is 0 Å². The molecule has 0 aliphatic heterocycles. The SMILES string of the molecule is COc1ccc(C(=O)NCc2nc3ccccc3n2Cc2ccc(Cl)c(Cl)c2)cc1OC. The summed E-state index contributed by atoms with van der Waals surface area (Å²) in [6.45, 7) is 0.794. The van der Waals surface area contributed by atoms with Crippen molar-refractivity contribution in [3.05, 3.63) is 87.7 Å². The number of halogens is 2. The van der Waals surface area contributed by atoms with E-state index in [0.29, 0.717) is 33.7 Å². The molecule has 164 valence electrons. The Hall–Kier alpha value is -3.22. The highest BCUT2D eigenvalue weighted by Gasteiger charge is 2.15. The Morgan fingerprint density at radius 2 is 1.75 bits per heavy atom. The minimum absolute atomic E-state index is 0.237. The molecule has 3 aromatic carbocycles. The van der Waals surface area contributed by atoms with E-state index >= 15 is 0 Å². The van der Waals surface area contributed by atoms with Crippen molar-refractivity contribution in [2.75, 3.05) is 14.2 Å². The number of hydrogen-bond donors (Lipinski definition) is 1. The molecule has 0 bridgehead atoms. The van der Waals surface area contributed by atoms with Gasteiger partial charge in [0.15, 0.2) is 11.5 Å². The summed E-state index contributed by atoms with van der Waals surface area (Å²) in [5.74, 6) is 1.55. The molecule has 0 saturated heterocycles. The first-order valence-electron chi connectivity index (χ1n) is 9.88. The lowest BCUT2D eigenvalue weighted by Crippen LogP contribution is -2.25. The van der Waals surface area contributed by atoms with Gasteiger partial charge < -0.3 is 19.4 Å². The summed E-state index contributed by atoms with van der Waals surface area (Å²) in [4.78, 5) is 17.5. The number of nitrogens with one attached hydrogen (secondary N) is 1. The van der Waals surface area contributed by atoms with Crippen molar-refractivity contribution in [1.82, 2.24) is 14.9 Å². The highest BCUT2D eigenvalue weighted by Crippen LogP contribution is 2.28. The van der Waals surface area contributed by atoms with E-state index in [1.807, 2.05) is 36.4 Å². The third-order valence-corrected chi connectivity index (χ3v) is 5.85. The van der Waals surface area contributed by atoms with Crippen molar-refractivity contribution in [3.63, 3.8) is 0 Å². The number of methoxy groups -OCH3 is 2. The van der Waals surface area contributed by atoms with Crippen LogP contribution in [0.1, 0.15) is 21.7 Å². The number of hydrogen-bond acceptors (Lipinski definition) is 4. The molecule has 0 saturated carbocycles. The number of fused-ring (bicyclic) bond motifs is 1. The van der Waals surface area contributed by atoms with Crippen LogP contribution in [0.2, 0.25) is 10.0 Å². The summed E-state index contributed by atoms with van der Waals surface area (Å²) < 4.78 is 12.6. The van der Waals surface area contributed by atoms with Gasteiger partial charge in [0.25, 0.3) is 5.91 Å². The van der Waals surface area contributed by atoms with Gasteiger partial charge in [-0.2, -0.15) is 0 Å². The predicted octanol–water partition coefficient (Wildman–Crippen LogP) is 5.34. The number of amides is 1. The van der Waals surface area contributed by atoms with E-state index in [9.17, 15) is 4.79 Å². The van der Waals surface area contributed by atoms with Crippen LogP contribution in [0, 0.1) is 0 Å². The number of carbonyl (C=O) groups is 1. The van der Waals surface area contributed by atoms with Crippen LogP contribution in [-0.2, 0) is 13.1 Å². The smallest absolute Gasteiger partial charge is 0.251 e. The summed E-state index contributed by atoms with van der Waals surface area (Å²) in [7, 11) is 3.08. The first-order valence-corrected chi connectivity index (χ1v) is 10.6. The van der Waals surface area contributed by atoms with E-state index in [1.54, 1.807) is 31.4 Å². The molecular formula is C24H21Cl2N3O3. The van der Waals surface area contributed by atoms with Gasteiger partial charge in [0.1, 0.15) is 5.82 Å². The lowest BCUT2D eigenvalue weighted by Gasteiger charge is -2.12. The molecule has 6 nitrogen and oxygen atoms in total. The van der Waals surface area contributed by atoms with Crippen LogP contribution >= 0.6 is 23.2 Å². The molecule has 1 N–H and O–H groups in total. The van der Waals surface area contributed by atoms with Crippen molar-refractivity contribution in [3.8, 4) is 11.5 Å². The number of nitrogens with zero attached hydrogens (tertiary/aromatic N) is 2. The molecule has 0 spiro atoms. The number of carbonyl (C=O) groups excluding carboxylic acids is 1. The fourth-order valence-electron chi connectivity index (χ4n) is 3.50. The van der Waals surface area contributed by atoms with E-state index in [-0.39, 0.29) is 12.5 Å². The highest BCUT2D eigenvalue weighted by molar-refractivity contribution is 6.42. The largest absolute Gasteiger partial charge is 0.493 e. The third kappa shape index (κ3) is 4.52. The first-order chi connectivity index (χ1) is 15.5. The third-order valence-electron chi connectivity index (χ3n) is 5.11. The van der Waals surface area contributed by atoms with Gasteiger partial charge in [0.05, 0.1) is 41.8 Å². The molecule has 0 atom stereocenters. The van der Waals surface area contributed by atoms with Crippen LogP contribution < -0.4 is 14.8 Å². The fourth-order valence-corrected chi connectivity index (χ4v) is 3.82. The van der Waals surface area contributed by atoms with Crippen molar-refractivity contribution >= 4 is 40.1 Å². The number of para-hydroxylation sites is 2. The lowest BCUT2D eigenvalue weighted by atomic mass is 10.2. The predicted molar refractivity (Wildman–Crippen MR) is 126 cm³/mol. The van der Waals surface area contributed by atoms with Gasteiger partial charge >= 0.3 is 0 Å². The van der Waals surface area contributed by atoms with Gasteiger partial charge in [-0.05, 0) is 48.0 Å². The first kappa shape index (κ1) is 22.0. The normalized spacial score (nSPS) is 10.9. The summed E-state index contributed by atoms with van der Waals surface area (Å²) in [5, 5.41) is 3.95. The van der Waals surface area contributed by atoms with Gasteiger partial charge in [0, 0.05) is 12.1 Å². The zero-order valence-electron chi connectivity index (χ0n) is 17.6. The molecule has 0 aliphatic rings. The Kier molecular flexibility index (Phi) is 6.53. The molecule has 0 aliphatic carbocycles. The van der Waals surface area contributed by atoms with E-state index in [2.05, 4.69) is 9.88 Å². The molecule has 4 rings (SSSR count). The lowest BCUT2D eigenvalue weighted by molar-refractivity contribution is 0.0949. The fraction of sp³-hybridized carbons (Fsp3) is 0.167. The topological polar surface area (TPSA) is 65.4 Å². The summed E-state index contributed by atoms with van der Waals surface area (Å²) in [6.07, 6.45) is 0. The molecule has 32 heavy (non-hydrogen) atoms. The number of ether oxygens (including phenoxy) is 2. The summed E-state index contributed by atoms with van der Waals surface area (Å²) in [5.41, 5.74) is 3.27. The Bertz CT molecular complexity index is 1290. The van der Waals surface area contributed by atoms with E-state index in [1.165, 1.54) is 7.11 Å². The zero-order chi connectivity index (χ0) is 22.7. The maximum atomic E-state index is 12.8. The maximum absolute atomic E-state index is 12.8. The summed E-state index contributed by atoms with van der Waals surface area (Å²) >= 11 is 12.3. The second-order valence-electron chi connectivity index (χ2n) is 7.10. The number of imidazole rings is 1. The van der Waals surface area contributed by atoms with E-state index < -0.39 is 0 Å². The average Bonchev–Trinajstić information content (AvgIpc) is 3.16. The Balaban J connectivity index is 1.59. The van der Waals surface area contributed by atoms with Crippen molar-refractivity contribution < 1.29 is 14.3 Å². The number of aromatic nitrogens is 2. The molecule has 1 amide bonds. The van der Waals surface area contributed by atoms with Gasteiger partial charge in [-0.1, -0.05) is 41.4 Å². The Morgan fingerprint density at radius 3 is 2.50 bits per heavy atom. The summed E-state index contributed by atoms with van der Waals surface area (Å²) in [6, 6.07) is 18.4. The van der Waals surface area contributed by atoms with Crippen LogP contribution in [0.25, 0.3) is 11.0 Å². The van der Waals surface area contributed by atoms with Gasteiger partial charge in [-0.15, -0.1) is 0 Å². The Morgan fingerprint density at radius 1 is 0.969 bits per heavy atom. The maximum Gasteiger partial charge on any atom is 0.251 e. The number of benzene rings is 3. The average molecular weight is 470 g/mol. The van der Waals surface area contributed by atoms with Crippen molar-refractivity contribution in [2.24, 2.45) is 0 Å². The quantitative estimate of drug-likeness (QED) is 0.396. The molecule has 1 aromatic heterocycles. The Labute approximate surface area is 195 Å². The van der Waals surface area contributed by atoms with Gasteiger partial charge in [0.2, 0.25) is 0 Å². The van der Waals surface area contributed by atoms with Crippen LogP contribution in [0.3, 0.4) is 0 Å². The van der Waals surface area contributed by atoms with Crippen LogP contribution in [0.15, 0.2) is 60.7 Å². The van der Waals surface area contributed by atoms with E-state index in [0.717, 1.165) is 22.4 Å². The van der Waals surface area contributed by atoms with Crippen LogP contribution in [0.5, 0.6) is 11.5 Å². The molecule has 0 radical (unpaired) electrons. The molecule has 0 fully saturated rings. The highest BCUT2D eigenvalue weighted by atomic mass is 35.5. The van der Waals surface area contributed by atoms with Crippen LogP contribution in [-0.4, -0.2) is 29.7 Å². The van der Waals surface area contributed by atoms with E-state index in [4.69, 9.17) is 37.7 Å². The second-order valence-corrected chi connectivity index (χ2v) is 7.92. The van der Waals surface area contributed by atoms with Gasteiger partial charge in [-0.3, -0.25) is 4.79 Å². The standard InChI is InChI=1S/C24H21Cl2N3O3/c1-31-21-10-8-16(12-22(21)32-2)24(30)27-13-23-28-19-5-3-4-6-20(19)29(23)14-15-7-9-17(25)18(26)11-15/h3-12H,13-14H2,1-2H3,(H,27,30). The van der Waals surface area contributed by atoms with Crippen LogP contribution in [0.4, 0.5) is 0 Å². The molecule has 8 heteroatoms. The molecule has 4 aromatic rings. The molecule has 0 unspecified atom stereocenters. The second kappa shape index (κ2) is 9.51. The molecular weight excluding hydrogens is 449 g/mol. The van der Waals surface area contributed by atoms with Crippen molar-refractivity contribution in [2.45, 2.75) is 13.1 Å². The monoisotopic (exact) mass is 469 g/mol. The zero-order valence-corrected chi connectivity index (χ0v) is 19.1.